The zero-order valence-corrected chi connectivity index (χ0v) is 52.0. The quantitative estimate of drug-likeness (QED) is 0.120. The molecule has 7 nitrogen and oxygen atoms in total. The number of rotatable bonds is 11. The molecule has 96 heavy (non-hydrogen) atoms. The van der Waals surface area contributed by atoms with Crippen molar-refractivity contribution in [1.82, 2.24) is 19.5 Å². The standard InChI is InChI=1S/C88H56BN7/c90-57-69-34-21-36-74(88-92-86(64-30-15-5-16-31-64)91-87(93-88)65-32-17-6-18-33-65)85(69)96-78-37-20-19-35-73(78)75-52-66(42-49-79(75)96)70-55-82-84-83(56-70)95(72-47-40-63(41-48-72)59-24-9-2-10-25-59)81-51-44-68(61-28-13-4-14-29-61)54-77(81)89(84)76-53-67(60-26-11-3-12-27-60)43-50-80(76)94(82)71-45-38-62(39-46-71)58-22-7-1-8-23-58/h1-56H. The van der Waals surface area contributed by atoms with Crippen molar-refractivity contribution in [2.75, 3.05) is 9.80 Å². The maximum Gasteiger partial charge on any atom is 0.252 e. The summed E-state index contributed by atoms with van der Waals surface area (Å²) in [5.41, 5.74) is 27.1. The minimum absolute atomic E-state index is 0.173. The summed E-state index contributed by atoms with van der Waals surface area (Å²) < 4.78 is 2.24. The molecule has 2 aliphatic heterocycles. The fraction of sp³-hybridized carbons (Fsp3) is 0. The minimum Gasteiger partial charge on any atom is -0.311 e. The number of benzene rings is 14. The lowest BCUT2D eigenvalue weighted by Crippen LogP contribution is -2.61. The molecule has 2 aliphatic rings. The number of anilines is 6. The predicted molar refractivity (Wildman–Crippen MR) is 396 cm³/mol. The van der Waals surface area contributed by atoms with Gasteiger partial charge in [0.2, 0.25) is 0 Å². The second-order valence-corrected chi connectivity index (χ2v) is 24.6. The molecule has 0 aliphatic carbocycles. The number of aromatic nitrogens is 4. The highest BCUT2D eigenvalue weighted by Gasteiger charge is 2.44. The lowest BCUT2D eigenvalue weighted by molar-refractivity contribution is 1.06. The van der Waals surface area contributed by atoms with Gasteiger partial charge in [-0.3, -0.25) is 0 Å². The van der Waals surface area contributed by atoms with Crippen LogP contribution in [0, 0.1) is 11.3 Å². The third-order valence-electron chi connectivity index (χ3n) is 19.1. The molecule has 8 heteroatoms. The number of nitriles is 1. The van der Waals surface area contributed by atoms with Crippen molar-refractivity contribution in [2.24, 2.45) is 0 Å². The van der Waals surface area contributed by atoms with Gasteiger partial charge in [-0.05, 0) is 151 Å². The molecule has 2 aromatic heterocycles. The molecule has 0 saturated heterocycles. The van der Waals surface area contributed by atoms with Crippen molar-refractivity contribution in [2.45, 2.75) is 0 Å². The second-order valence-electron chi connectivity index (χ2n) is 24.6. The molecule has 0 saturated carbocycles. The molecule has 0 bridgehead atoms. The Hall–Kier alpha value is -13.0. The van der Waals surface area contributed by atoms with Crippen LogP contribution in [-0.2, 0) is 0 Å². The summed E-state index contributed by atoms with van der Waals surface area (Å²) in [6.45, 7) is -0.173. The largest absolute Gasteiger partial charge is 0.311 e. The molecule has 0 fully saturated rings. The van der Waals surface area contributed by atoms with Gasteiger partial charge in [0.1, 0.15) is 6.07 Å². The van der Waals surface area contributed by atoms with E-state index in [9.17, 15) is 5.26 Å². The highest BCUT2D eigenvalue weighted by Crippen LogP contribution is 2.49. The van der Waals surface area contributed by atoms with Crippen LogP contribution in [0.2, 0.25) is 0 Å². The summed E-state index contributed by atoms with van der Waals surface area (Å²) in [4.78, 5) is 20.5. The van der Waals surface area contributed by atoms with Crippen LogP contribution in [0.5, 0.6) is 0 Å². The van der Waals surface area contributed by atoms with E-state index in [0.717, 1.165) is 100 Å². The van der Waals surface area contributed by atoms with Gasteiger partial charge in [0.05, 0.1) is 22.3 Å². The van der Waals surface area contributed by atoms with Crippen LogP contribution in [0.15, 0.2) is 340 Å². The first kappa shape index (κ1) is 55.9. The van der Waals surface area contributed by atoms with E-state index in [1.165, 1.54) is 38.6 Å². The van der Waals surface area contributed by atoms with Gasteiger partial charge in [0.25, 0.3) is 6.71 Å². The van der Waals surface area contributed by atoms with Gasteiger partial charge in [-0.2, -0.15) is 5.26 Å². The van der Waals surface area contributed by atoms with Gasteiger partial charge >= 0.3 is 0 Å². The average molecular weight is 1220 g/mol. The Morgan fingerprint density at radius 1 is 0.281 bits per heavy atom. The average Bonchev–Trinajstić information content (AvgIpc) is 0.746. The van der Waals surface area contributed by atoms with E-state index in [2.05, 4.69) is 281 Å². The Bertz CT molecular complexity index is 5440. The van der Waals surface area contributed by atoms with Gasteiger partial charge < -0.3 is 14.4 Å². The van der Waals surface area contributed by atoms with Crippen LogP contribution in [0.4, 0.5) is 34.1 Å². The Morgan fingerprint density at radius 2 is 0.667 bits per heavy atom. The van der Waals surface area contributed by atoms with Crippen molar-refractivity contribution < 1.29 is 0 Å². The molecule has 0 amide bonds. The van der Waals surface area contributed by atoms with Crippen LogP contribution < -0.4 is 26.2 Å². The molecule has 0 atom stereocenters. The topological polar surface area (TPSA) is 73.9 Å². The smallest absolute Gasteiger partial charge is 0.252 e. The Balaban J connectivity index is 0.885. The summed E-state index contributed by atoms with van der Waals surface area (Å²) in [6.07, 6.45) is 0. The molecule has 0 N–H and O–H groups in total. The zero-order chi connectivity index (χ0) is 63.6. The van der Waals surface area contributed by atoms with Crippen LogP contribution in [0.3, 0.4) is 0 Å². The van der Waals surface area contributed by atoms with E-state index in [1.54, 1.807) is 0 Å². The van der Waals surface area contributed by atoms with Gasteiger partial charge in [0, 0.05) is 61.6 Å². The predicted octanol–water partition coefficient (Wildman–Crippen LogP) is 20.3. The number of hydrogen-bond acceptors (Lipinski definition) is 6. The highest BCUT2D eigenvalue weighted by molar-refractivity contribution is 7.00. The third kappa shape index (κ3) is 9.56. The number of para-hydroxylation sites is 2. The molecule has 0 unspecified atom stereocenters. The Kier molecular flexibility index (Phi) is 13.6. The van der Waals surface area contributed by atoms with E-state index in [4.69, 9.17) is 15.0 Å². The summed E-state index contributed by atoms with van der Waals surface area (Å²) in [6, 6.07) is 124. The van der Waals surface area contributed by atoms with E-state index in [1.807, 2.05) is 78.9 Å². The third-order valence-corrected chi connectivity index (χ3v) is 19.1. The minimum atomic E-state index is -0.173. The highest BCUT2D eigenvalue weighted by atomic mass is 15.2. The molecular formula is C88H56BN7. The van der Waals surface area contributed by atoms with Crippen LogP contribution in [0.25, 0.3) is 117 Å². The molecule has 16 aromatic rings. The Morgan fingerprint density at radius 3 is 1.15 bits per heavy atom. The van der Waals surface area contributed by atoms with Crippen molar-refractivity contribution in [3.63, 3.8) is 0 Å². The van der Waals surface area contributed by atoms with E-state index >= 15 is 0 Å². The molecule has 0 spiro atoms. The summed E-state index contributed by atoms with van der Waals surface area (Å²) >= 11 is 0. The molecule has 446 valence electrons. The van der Waals surface area contributed by atoms with E-state index in [0.29, 0.717) is 34.3 Å². The molecule has 4 heterocycles. The van der Waals surface area contributed by atoms with Crippen molar-refractivity contribution in [1.29, 1.82) is 5.26 Å². The van der Waals surface area contributed by atoms with Crippen molar-refractivity contribution in [3.8, 4) is 102 Å². The van der Waals surface area contributed by atoms with Crippen LogP contribution >= 0.6 is 0 Å². The first-order valence-corrected chi connectivity index (χ1v) is 32.5. The van der Waals surface area contributed by atoms with Crippen molar-refractivity contribution in [3.05, 3.63) is 345 Å². The first-order valence-electron chi connectivity index (χ1n) is 32.5. The molecule has 14 aromatic carbocycles. The summed E-state index contributed by atoms with van der Waals surface area (Å²) in [5, 5.41) is 13.3. The number of hydrogen-bond donors (Lipinski definition) is 0. The summed E-state index contributed by atoms with van der Waals surface area (Å²) in [5.74, 6) is 1.55. The normalized spacial score (nSPS) is 12.1. The molecule has 18 rings (SSSR count). The fourth-order valence-electron chi connectivity index (χ4n) is 14.6. The fourth-order valence-corrected chi connectivity index (χ4v) is 14.6. The summed E-state index contributed by atoms with van der Waals surface area (Å²) in [7, 11) is 0. The van der Waals surface area contributed by atoms with E-state index in [-0.39, 0.29) is 6.71 Å². The van der Waals surface area contributed by atoms with Gasteiger partial charge in [-0.1, -0.05) is 261 Å². The lowest BCUT2D eigenvalue weighted by atomic mass is 9.33. The zero-order valence-electron chi connectivity index (χ0n) is 52.0. The molecule has 0 radical (unpaired) electrons. The first-order chi connectivity index (χ1) is 47.6. The monoisotopic (exact) mass is 1220 g/mol. The van der Waals surface area contributed by atoms with Crippen LogP contribution in [0.1, 0.15) is 5.56 Å². The Labute approximate surface area is 557 Å². The number of nitrogens with zero attached hydrogens (tertiary/aromatic N) is 7. The lowest BCUT2D eigenvalue weighted by Gasteiger charge is -2.44. The molecular weight excluding hydrogens is 1170 g/mol. The van der Waals surface area contributed by atoms with Gasteiger partial charge in [0.15, 0.2) is 17.5 Å². The second kappa shape index (κ2) is 23.3. The van der Waals surface area contributed by atoms with Gasteiger partial charge in [-0.25, -0.2) is 15.0 Å². The van der Waals surface area contributed by atoms with Gasteiger partial charge in [-0.15, -0.1) is 0 Å². The van der Waals surface area contributed by atoms with Crippen LogP contribution in [-0.4, -0.2) is 26.2 Å². The number of fused-ring (bicyclic) bond motifs is 7. The van der Waals surface area contributed by atoms with Crippen molar-refractivity contribution >= 4 is 79.0 Å². The maximum atomic E-state index is 11.2. The maximum absolute atomic E-state index is 11.2. The van der Waals surface area contributed by atoms with E-state index < -0.39 is 0 Å². The SMILES string of the molecule is N#Cc1cccc(-c2nc(-c3ccccc3)nc(-c3ccccc3)n2)c1-n1c2ccccc2c2cc(-c3cc4c5c(c3)N(c3ccc(-c6ccccc6)cc3)c3ccc(-c6ccccc6)cc3B5c3cc(-c5ccccc5)ccc3N4c3ccc(-c4ccccc4)cc3)ccc21.